The van der Waals surface area contributed by atoms with E-state index in [2.05, 4.69) is 10.3 Å². The normalized spacial score (nSPS) is 11.8. The lowest BCUT2D eigenvalue weighted by Crippen LogP contribution is -2.27. The van der Waals surface area contributed by atoms with Gasteiger partial charge in [0.15, 0.2) is 0 Å². The minimum Gasteiger partial charge on any atom is -0.497 e. The Bertz CT molecular complexity index is 640. The molecule has 1 aromatic carbocycles. The Morgan fingerprint density at radius 2 is 2.37 bits per heavy atom. The van der Waals surface area contributed by atoms with Crippen molar-refractivity contribution in [2.45, 2.75) is 6.42 Å². The van der Waals surface area contributed by atoms with Crippen molar-refractivity contribution >= 4 is 16.8 Å². The number of aromatic nitrogens is 1. The number of fused-ring (bicyclic) bond motifs is 1. The van der Waals surface area contributed by atoms with Gasteiger partial charge in [0.05, 0.1) is 13.2 Å². The lowest BCUT2D eigenvalue weighted by atomic mass is 9.99. The molecule has 0 saturated carbocycles. The van der Waals surface area contributed by atoms with Crippen molar-refractivity contribution < 1.29 is 9.53 Å². The minimum absolute atomic E-state index is 0.264. The van der Waals surface area contributed by atoms with Crippen LogP contribution >= 0.6 is 0 Å². The van der Waals surface area contributed by atoms with Crippen LogP contribution in [0, 0.1) is 17.2 Å². The van der Waals surface area contributed by atoms with Crippen molar-refractivity contribution in [2.24, 2.45) is 5.92 Å². The molecule has 0 saturated heterocycles. The second kappa shape index (κ2) is 5.44. The average molecular weight is 257 g/mol. The first-order valence-corrected chi connectivity index (χ1v) is 5.94. The Labute approximate surface area is 111 Å². The summed E-state index contributed by atoms with van der Waals surface area (Å²) in [6, 6.07) is 7.71. The lowest BCUT2D eigenvalue weighted by molar-refractivity contribution is -0.122. The molecule has 0 aliphatic heterocycles. The number of rotatable bonds is 4. The van der Waals surface area contributed by atoms with E-state index in [1.807, 2.05) is 30.5 Å². The summed E-state index contributed by atoms with van der Waals surface area (Å²) in [6.07, 6.45) is 2.21. The highest BCUT2D eigenvalue weighted by molar-refractivity contribution is 5.86. The number of nitriles is 1. The number of nitrogens with one attached hydrogen (secondary N) is 2. The second-order valence-electron chi connectivity index (χ2n) is 4.23. The molecule has 2 N–H and O–H groups in total. The molecule has 1 aromatic heterocycles. The number of hydrogen-bond acceptors (Lipinski definition) is 3. The summed E-state index contributed by atoms with van der Waals surface area (Å²) >= 11 is 0. The summed E-state index contributed by atoms with van der Waals surface area (Å²) in [4.78, 5) is 14.7. The molecular formula is C14H15N3O2. The zero-order valence-corrected chi connectivity index (χ0v) is 10.9. The highest BCUT2D eigenvalue weighted by Gasteiger charge is 2.18. The molecule has 5 nitrogen and oxygen atoms in total. The van der Waals surface area contributed by atoms with Gasteiger partial charge in [0.2, 0.25) is 5.91 Å². The number of amides is 1. The molecule has 98 valence electrons. The largest absolute Gasteiger partial charge is 0.497 e. The Morgan fingerprint density at radius 3 is 3.00 bits per heavy atom. The first-order valence-electron chi connectivity index (χ1n) is 5.94. The topological polar surface area (TPSA) is 77.9 Å². The van der Waals surface area contributed by atoms with Gasteiger partial charge in [0.1, 0.15) is 11.7 Å². The Morgan fingerprint density at radius 1 is 1.58 bits per heavy atom. The molecule has 1 atom stereocenters. The van der Waals surface area contributed by atoms with Gasteiger partial charge in [0.25, 0.3) is 0 Å². The molecule has 19 heavy (non-hydrogen) atoms. The number of hydrogen-bond donors (Lipinski definition) is 2. The van der Waals surface area contributed by atoms with Crippen LogP contribution in [-0.2, 0) is 11.2 Å². The summed E-state index contributed by atoms with van der Waals surface area (Å²) in [6.45, 7) is 0. The lowest BCUT2D eigenvalue weighted by Gasteiger charge is -2.07. The van der Waals surface area contributed by atoms with E-state index in [0.29, 0.717) is 6.42 Å². The first kappa shape index (κ1) is 13.0. The summed E-state index contributed by atoms with van der Waals surface area (Å²) < 4.78 is 5.19. The minimum atomic E-state index is -0.685. The monoisotopic (exact) mass is 257 g/mol. The van der Waals surface area contributed by atoms with Gasteiger partial charge in [0, 0.05) is 24.1 Å². The molecule has 1 amide bonds. The van der Waals surface area contributed by atoms with Gasteiger partial charge < -0.3 is 15.0 Å². The van der Waals surface area contributed by atoms with Crippen LogP contribution in [0.25, 0.3) is 10.9 Å². The SMILES string of the molecule is CNC(=O)[C@@H](C#N)Cc1c[nH]c2ccc(OC)cc12. The molecular weight excluding hydrogens is 242 g/mol. The van der Waals surface area contributed by atoms with Crippen LogP contribution in [0.1, 0.15) is 5.56 Å². The van der Waals surface area contributed by atoms with Gasteiger partial charge in [-0.3, -0.25) is 4.79 Å². The van der Waals surface area contributed by atoms with E-state index in [1.54, 1.807) is 7.11 Å². The quantitative estimate of drug-likeness (QED) is 0.873. The predicted octanol–water partition coefficient (Wildman–Crippen LogP) is 1.60. The number of methoxy groups -OCH3 is 1. The molecule has 2 rings (SSSR count). The molecule has 0 aliphatic rings. The van der Waals surface area contributed by atoms with Crippen LogP contribution in [0.3, 0.4) is 0 Å². The zero-order valence-electron chi connectivity index (χ0n) is 10.9. The highest BCUT2D eigenvalue weighted by atomic mass is 16.5. The number of nitrogens with zero attached hydrogens (tertiary/aromatic N) is 1. The number of aromatic amines is 1. The van der Waals surface area contributed by atoms with E-state index in [9.17, 15) is 4.79 Å². The van der Waals surface area contributed by atoms with E-state index >= 15 is 0 Å². The van der Waals surface area contributed by atoms with E-state index in [-0.39, 0.29) is 5.91 Å². The fourth-order valence-electron chi connectivity index (χ4n) is 2.04. The van der Waals surface area contributed by atoms with Crippen LogP contribution in [-0.4, -0.2) is 25.0 Å². The maximum Gasteiger partial charge on any atom is 0.237 e. The van der Waals surface area contributed by atoms with E-state index < -0.39 is 5.92 Å². The molecule has 0 bridgehead atoms. The van der Waals surface area contributed by atoms with Crippen LogP contribution in [0.15, 0.2) is 24.4 Å². The van der Waals surface area contributed by atoms with Crippen molar-refractivity contribution in [3.63, 3.8) is 0 Å². The number of ether oxygens (including phenoxy) is 1. The summed E-state index contributed by atoms with van der Waals surface area (Å²) in [5.41, 5.74) is 1.90. The first-order chi connectivity index (χ1) is 9.19. The highest BCUT2D eigenvalue weighted by Crippen LogP contribution is 2.25. The third-order valence-corrected chi connectivity index (χ3v) is 3.12. The van der Waals surface area contributed by atoms with Gasteiger partial charge >= 0.3 is 0 Å². The number of benzene rings is 1. The summed E-state index contributed by atoms with van der Waals surface area (Å²) in [5.74, 6) is -0.197. The fraction of sp³-hybridized carbons (Fsp3) is 0.286. The Hall–Kier alpha value is -2.48. The van der Waals surface area contributed by atoms with Gasteiger partial charge in [-0.2, -0.15) is 5.26 Å². The number of carbonyl (C=O) groups is 1. The third-order valence-electron chi connectivity index (χ3n) is 3.12. The fourth-order valence-corrected chi connectivity index (χ4v) is 2.04. The van der Waals surface area contributed by atoms with Crippen molar-refractivity contribution in [1.29, 1.82) is 5.26 Å². The molecule has 0 unspecified atom stereocenters. The van der Waals surface area contributed by atoms with Crippen LogP contribution in [0.4, 0.5) is 0 Å². The van der Waals surface area contributed by atoms with Crippen LogP contribution < -0.4 is 10.1 Å². The standard InChI is InChI=1S/C14H15N3O2/c1-16-14(18)9(7-15)5-10-8-17-13-4-3-11(19-2)6-12(10)13/h3-4,6,8-9,17H,5H2,1-2H3,(H,16,18)/t9-/m1/s1. The molecule has 1 heterocycles. The van der Waals surface area contributed by atoms with Gasteiger partial charge in [-0.1, -0.05) is 0 Å². The Kier molecular flexibility index (Phi) is 3.71. The smallest absolute Gasteiger partial charge is 0.237 e. The third kappa shape index (κ3) is 2.52. The number of carbonyl (C=O) groups excluding carboxylic acids is 1. The second-order valence-corrected chi connectivity index (χ2v) is 4.23. The Balaban J connectivity index is 2.35. The zero-order chi connectivity index (χ0) is 13.8. The number of H-pyrrole nitrogens is 1. The van der Waals surface area contributed by atoms with Crippen LogP contribution in [0.5, 0.6) is 5.75 Å². The van der Waals surface area contributed by atoms with E-state index in [1.165, 1.54) is 7.05 Å². The molecule has 0 aliphatic carbocycles. The summed E-state index contributed by atoms with van der Waals surface area (Å²) in [5, 5.41) is 12.5. The predicted molar refractivity (Wildman–Crippen MR) is 71.7 cm³/mol. The maximum absolute atomic E-state index is 11.6. The maximum atomic E-state index is 11.6. The van der Waals surface area contributed by atoms with Crippen molar-refractivity contribution in [1.82, 2.24) is 10.3 Å². The van der Waals surface area contributed by atoms with Crippen molar-refractivity contribution in [3.8, 4) is 11.8 Å². The van der Waals surface area contributed by atoms with Crippen molar-refractivity contribution in [3.05, 3.63) is 30.0 Å². The average Bonchev–Trinajstić information content (AvgIpc) is 2.85. The summed E-state index contributed by atoms with van der Waals surface area (Å²) in [7, 11) is 3.14. The van der Waals surface area contributed by atoms with Crippen LogP contribution in [0.2, 0.25) is 0 Å². The molecule has 0 radical (unpaired) electrons. The van der Waals surface area contributed by atoms with E-state index in [4.69, 9.17) is 10.00 Å². The molecule has 0 spiro atoms. The molecule has 0 fully saturated rings. The van der Waals surface area contributed by atoms with Gasteiger partial charge in [-0.15, -0.1) is 0 Å². The van der Waals surface area contributed by atoms with Gasteiger partial charge in [-0.05, 0) is 30.2 Å². The van der Waals surface area contributed by atoms with E-state index in [0.717, 1.165) is 22.2 Å². The van der Waals surface area contributed by atoms with Crippen molar-refractivity contribution in [2.75, 3.05) is 14.2 Å². The van der Waals surface area contributed by atoms with Gasteiger partial charge in [-0.25, -0.2) is 0 Å². The molecule has 5 heteroatoms. The molecule has 2 aromatic rings.